The van der Waals surface area contributed by atoms with E-state index in [0.29, 0.717) is 37.4 Å². The van der Waals surface area contributed by atoms with E-state index < -0.39 is 35.4 Å². The minimum Gasteiger partial charge on any atom is -0.391 e. The number of hydrogen-bond donors (Lipinski definition) is 4. The first kappa shape index (κ1) is 56.5. The van der Waals surface area contributed by atoms with Crippen molar-refractivity contribution in [3.05, 3.63) is 71.4 Å². The van der Waals surface area contributed by atoms with Gasteiger partial charge in [-0.15, -0.1) is 11.3 Å². The van der Waals surface area contributed by atoms with Crippen molar-refractivity contribution in [3.63, 3.8) is 0 Å². The van der Waals surface area contributed by atoms with Crippen molar-refractivity contribution in [1.29, 1.82) is 0 Å². The molecule has 0 aliphatic carbocycles. The number of β-amino-alcohol motifs (C(OH)–C–C–N with tert-alkyl or cyclic N) is 1. The van der Waals surface area contributed by atoms with Crippen LogP contribution in [0.4, 0.5) is 17.6 Å². The summed E-state index contributed by atoms with van der Waals surface area (Å²) >= 11 is 1.58. The zero-order valence-corrected chi connectivity index (χ0v) is 46.5. The number of carbonyl (C=O) groups excluding carboxylic acids is 3. The molecule has 4 atom stereocenters. The van der Waals surface area contributed by atoms with Crippen molar-refractivity contribution in [2.24, 2.45) is 5.41 Å². The molecule has 412 valence electrons. The highest BCUT2D eigenvalue weighted by molar-refractivity contribution is 7.13. The number of piperidine rings is 1. The van der Waals surface area contributed by atoms with Gasteiger partial charge in [0.15, 0.2) is 0 Å². The summed E-state index contributed by atoms with van der Waals surface area (Å²) in [6.07, 6.45) is 6.71. The molecule has 3 amide bonds. The lowest BCUT2D eigenvalue weighted by atomic mass is 9.85. The number of aryl methyl sites for hydroxylation is 1. The number of nitrogens with one attached hydrogen (secondary N) is 3. The van der Waals surface area contributed by atoms with Gasteiger partial charge >= 0.3 is 0 Å². The number of pyridine rings is 1. The summed E-state index contributed by atoms with van der Waals surface area (Å²) in [4.78, 5) is 73.9. The lowest BCUT2D eigenvalue weighted by molar-refractivity contribution is -0.144. The van der Waals surface area contributed by atoms with Gasteiger partial charge in [0.1, 0.15) is 48.3 Å². The third-order valence-electron chi connectivity index (χ3n) is 14.6. The number of nitrogens with zero attached hydrogens (tertiary/aromatic N) is 10. The second-order valence-corrected chi connectivity index (χ2v) is 22.6. The van der Waals surface area contributed by atoms with E-state index in [4.69, 9.17) is 24.2 Å². The van der Waals surface area contributed by atoms with Crippen molar-refractivity contribution >= 4 is 57.7 Å². The summed E-state index contributed by atoms with van der Waals surface area (Å²) in [5, 5.41) is 20.0. The van der Waals surface area contributed by atoms with Crippen LogP contribution in [0.1, 0.15) is 103 Å². The van der Waals surface area contributed by atoms with Gasteiger partial charge in [0.25, 0.3) is 0 Å². The monoisotopic (exact) mass is 1070 g/mol. The van der Waals surface area contributed by atoms with Crippen LogP contribution in [-0.2, 0) is 35.2 Å². The van der Waals surface area contributed by atoms with Gasteiger partial charge in [-0.3, -0.25) is 14.4 Å². The van der Waals surface area contributed by atoms with Gasteiger partial charge in [-0.25, -0.2) is 19.9 Å². The Labute approximate surface area is 451 Å². The predicted octanol–water partition coefficient (Wildman–Crippen LogP) is 5.89. The summed E-state index contributed by atoms with van der Waals surface area (Å²) in [6.45, 7) is 22.4. The maximum Gasteiger partial charge on any atom is 0.246 e. The average Bonchev–Trinajstić information content (AvgIpc) is 4.13. The van der Waals surface area contributed by atoms with Crippen molar-refractivity contribution in [2.45, 2.75) is 124 Å². The number of methoxy groups -OCH3 is 1. The standard InChI is InChI=1S/C55H79N13O7S/c1-36(2)68-44-30-47(61-46-15-18-56-54(62-46)66-21-16-42(73-8)17-22-66)57-31-43(44)60-48(68)33-74-27-9-19-64-23-25-65(26-24-64)20-10-28-75-34-49(70)63-51(55(5,6)7)53(72)67-32-41(69)29-45(67)52(71)59-37(3)39-11-13-40(14-12-39)50-38(4)58-35-76-50/h11-15,18,30-31,35-37,41-42,45,51,69H,9-10,16-17,19-29,32-34H2,1-8H3,(H,59,71)(H,63,70)(H,56,57,61,62)/t37?,41-,45+,51?/m1/s1. The molecule has 3 saturated heterocycles. The fourth-order valence-corrected chi connectivity index (χ4v) is 11.2. The highest BCUT2D eigenvalue weighted by Crippen LogP contribution is 2.31. The maximum atomic E-state index is 14.1. The molecule has 8 rings (SSSR count). The molecule has 21 heteroatoms. The van der Waals surface area contributed by atoms with E-state index >= 15 is 0 Å². The van der Waals surface area contributed by atoms with E-state index in [1.54, 1.807) is 30.8 Å². The molecule has 0 radical (unpaired) electrons. The Morgan fingerprint density at radius 1 is 0.868 bits per heavy atom. The lowest BCUT2D eigenvalue weighted by Gasteiger charge is -2.35. The SMILES string of the molecule is COC1CCN(c2nccc(Nc3cc4c(cn3)nc(COCCCN3CCN(CCCOCC(=O)NC(C(=O)N5C[C@H](O)C[C@H]5C(=O)NC(C)c5ccc(-c6scnc6C)cc5)C(C)(C)C)CC3)n4C(C)C)n2)CC1. The lowest BCUT2D eigenvalue weighted by Crippen LogP contribution is -2.58. The molecular formula is C55H79N13O7S. The van der Waals surface area contributed by atoms with Crippen LogP contribution in [0.3, 0.4) is 0 Å². The number of aliphatic hydroxyl groups is 1. The van der Waals surface area contributed by atoms with Gasteiger partial charge in [-0.05, 0) is 76.0 Å². The number of hydrogen-bond acceptors (Lipinski definition) is 17. The molecular weight excluding hydrogens is 987 g/mol. The first-order valence-electron chi connectivity index (χ1n) is 27.0. The van der Waals surface area contributed by atoms with Crippen molar-refractivity contribution in [2.75, 3.05) is 96.0 Å². The summed E-state index contributed by atoms with van der Waals surface area (Å²) in [5.41, 5.74) is 5.90. The molecule has 76 heavy (non-hydrogen) atoms. The Bertz CT molecular complexity index is 2700. The van der Waals surface area contributed by atoms with Gasteiger partial charge in [-0.1, -0.05) is 45.0 Å². The molecule has 5 aromatic rings. The minimum atomic E-state index is -0.931. The van der Waals surface area contributed by atoms with Gasteiger partial charge in [-0.2, -0.15) is 4.98 Å². The molecule has 2 unspecified atom stereocenters. The van der Waals surface area contributed by atoms with E-state index in [-0.39, 0.29) is 43.7 Å². The Balaban J connectivity index is 0.711. The van der Waals surface area contributed by atoms with Crippen LogP contribution >= 0.6 is 11.3 Å². The number of aliphatic hydroxyl groups excluding tert-OH is 1. The summed E-state index contributed by atoms with van der Waals surface area (Å²) in [6, 6.07) is 9.90. The smallest absolute Gasteiger partial charge is 0.246 e. The largest absolute Gasteiger partial charge is 0.391 e. The number of imidazole rings is 1. The van der Waals surface area contributed by atoms with E-state index in [1.165, 1.54) is 4.90 Å². The maximum absolute atomic E-state index is 14.1. The molecule has 3 aliphatic rings. The molecule has 20 nitrogen and oxygen atoms in total. The second-order valence-electron chi connectivity index (χ2n) is 21.7. The fourth-order valence-electron chi connectivity index (χ4n) is 10.4. The highest BCUT2D eigenvalue weighted by atomic mass is 32.1. The Kier molecular flexibility index (Phi) is 19.4. The van der Waals surface area contributed by atoms with E-state index in [1.807, 2.05) is 76.5 Å². The molecule has 1 aromatic carbocycles. The van der Waals surface area contributed by atoms with Gasteiger partial charge in [0, 0.05) is 104 Å². The van der Waals surface area contributed by atoms with Gasteiger partial charge < -0.3 is 59.4 Å². The summed E-state index contributed by atoms with van der Waals surface area (Å²) < 4.78 is 19.8. The van der Waals surface area contributed by atoms with Crippen LogP contribution in [0.2, 0.25) is 0 Å². The second kappa shape index (κ2) is 26.1. The number of carbonyl (C=O) groups is 3. The Hall–Kier alpha value is -5.68. The van der Waals surface area contributed by atoms with Gasteiger partial charge in [0.05, 0.1) is 46.0 Å². The first-order valence-corrected chi connectivity index (χ1v) is 27.9. The molecule has 4 aromatic heterocycles. The van der Waals surface area contributed by atoms with Crippen LogP contribution in [0.5, 0.6) is 0 Å². The number of benzene rings is 1. The number of anilines is 3. The Morgan fingerprint density at radius 2 is 1.57 bits per heavy atom. The van der Waals surface area contributed by atoms with Crippen molar-refractivity contribution in [3.8, 4) is 10.4 Å². The van der Waals surface area contributed by atoms with E-state index in [9.17, 15) is 19.5 Å². The number of rotatable bonds is 23. The van der Waals surface area contributed by atoms with Gasteiger partial charge in [0.2, 0.25) is 23.7 Å². The number of likely N-dealkylation sites (tertiary alicyclic amines) is 1. The Morgan fingerprint density at radius 3 is 2.21 bits per heavy atom. The average molecular weight is 1070 g/mol. The van der Waals surface area contributed by atoms with Crippen LogP contribution < -0.4 is 20.9 Å². The highest BCUT2D eigenvalue weighted by Gasteiger charge is 2.45. The number of amides is 3. The minimum absolute atomic E-state index is 0.00341. The number of aromatic nitrogens is 6. The van der Waals surface area contributed by atoms with Crippen LogP contribution in [0, 0.1) is 12.3 Å². The third kappa shape index (κ3) is 14.7. The van der Waals surface area contributed by atoms with Crippen LogP contribution in [0.25, 0.3) is 21.5 Å². The normalized spacial score (nSPS) is 18.9. The molecule has 3 fully saturated rings. The number of piperazine rings is 1. The predicted molar refractivity (Wildman–Crippen MR) is 294 cm³/mol. The van der Waals surface area contributed by atoms with Crippen LogP contribution in [-0.4, -0.2) is 177 Å². The molecule has 0 bridgehead atoms. The number of fused-ring (bicyclic) bond motifs is 1. The molecule has 0 saturated carbocycles. The number of thiazole rings is 1. The quantitative estimate of drug-likeness (QED) is 0.0561. The first-order chi connectivity index (χ1) is 36.5. The topological polar surface area (TPSA) is 218 Å². The fraction of sp³-hybridized carbons (Fsp3) is 0.600. The third-order valence-corrected chi connectivity index (χ3v) is 15.6. The van der Waals surface area contributed by atoms with E-state index in [0.717, 1.165) is 117 Å². The zero-order valence-electron chi connectivity index (χ0n) is 45.7. The summed E-state index contributed by atoms with van der Waals surface area (Å²) in [5.74, 6) is 1.79. The van der Waals surface area contributed by atoms with Crippen LogP contribution in [0.15, 0.2) is 54.3 Å². The summed E-state index contributed by atoms with van der Waals surface area (Å²) in [7, 11) is 1.77. The van der Waals surface area contributed by atoms with Crippen molar-refractivity contribution < 1.29 is 33.7 Å². The number of ether oxygens (including phenoxy) is 3. The molecule has 0 spiro atoms. The molecule has 7 heterocycles. The molecule has 4 N–H and O–H groups in total. The molecule has 3 aliphatic heterocycles. The van der Waals surface area contributed by atoms with E-state index in [2.05, 4.69) is 64.0 Å². The zero-order chi connectivity index (χ0) is 53.9. The van der Waals surface area contributed by atoms with Crippen molar-refractivity contribution in [1.82, 2.24) is 54.8 Å².